The van der Waals surface area contributed by atoms with E-state index in [0.717, 1.165) is 23.1 Å². The zero-order chi connectivity index (χ0) is 13.7. The molecule has 0 aliphatic heterocycles. The molecule has 0 aliphatic rings. The van der Waals surface area contributed by atoms with Crippen molar-refractivity contribution in [2.24, 2.45) is 0 Å². The SMILES string of the molecule is N#Cc1ccc(N)c(NCCc2ccc(Br)cc2)c1. The molecular formula is C15H14BrN3. The van der Waals surface area contributed by atoms with E-state index in [1.807, 2.05) is 12.1 Å². The Balaban J connectivity index is 1.96. The normalized spacial score (nSPS) is 9.89. The number of anilines is 2. The van der Waals surface area contributed by atoms with E-state index < -0.39 is 0 Å². The van der Waals surface area contributed by atoms with Gasteiger partial charge >= 0.3 is 0 Å². The summed E-state index contributed by atoms with van der Waals surface area (Å²) in [7, 11) is 0. The first-order valence-electron chi connectivity index (χ1n) is 5.97. The van der Waals surface area contributed by atoms with Crippen molar-refractivity contribution >= 4 is 27.3 Å². The molecule has 3 nitrogen and oxygen atoms in total. The number of hydrogen-bond acceptors (Lipinski definition) is 3. The molecule has 0 radical (unpaired) electrons. The molecule has 2 rings (SSSR count). The van der Waals surface area contributed by atoms with Crippen LogP contribution in [0.1, 0.15) is 11.1 Å². The summed E-state index contributed by atoms with van der Waals surface area (Å²) in [6, 6.07) is 15.6. The molecule has 0 heterocycles. The fourth-order valence-electron chi connectivity index (χ4n) is 1.77. The van der Waals surface area contributed by atoms with E-state index in [4.69, 9.17) is 11.0 Å². The Labute approximate surface area is 121 Å². The van der Waals surface area contributed by atoms with Crippen LogP contribution in [0.5, 0.6) is 0 Å². The standard InChI is InChI=1S/C15H14BrN3/c16-13-4-1-11(2-5-13)7-8-19-15-9-12(10-17)3-6-14(15)18/h1-6,9,19H,7-8,18H2. The van der Waals surface area contributed by atoms with E-state index in [0.29, 0.717) is 11.3 Å². The Hall–Kier alpha value is -1.99. The zero-order valence-electron chi connectivity index (χ0n) is 10.4. The van der Waals surface area contributed by atoms with Crippen molar-refractivity contribution < 1.29 is 0 Å². The van der Waals surface area contributed by atoms with E-state index in [9.17, 15) is 0 Å². The van der Waals surface area contributed by atoms with Crippen LogP contribution in [0.15, 0.2) is 46.9 Å². The highest BCUT2D eigenvalue weighted by molar-refractivity contribution is 9.10. The van der Waals surface area contributed by atoms with Gasteiger partial charge in [0, 0.05) is 11.0 Å². The molecule has 0 saturated carbocycles. The highest BCUT2D eigenvalue weighted by Crippen LogP contribution is 2.19. The highest BCUT2D eigenvalue weighted by atomic mass is 79.9. The number of hydrogen-bond donors (Lipinski definition) is 2. The number of halogens is 1. The van der Waals surface area contributed by atoms with Crippen LogP contribution in [0.3, 0.4) is 0 Å². The Morgan fingerprint density at radius 2 is 1.89 bits per heavy atom. The fourth-order valence-corrected chi connectivity index (χ4v) is 2.04. The number of nitrogens with two attached hydrogens (primary N) is 1. The van der Waals surface area contributed by atoms with Crippen molar-refractivity contribution in [1.82, 2.24) is 0 Å². The van der Waals surface area contributed by atoms with Gasteiger partial charge in [-0.2, -0.15) is 5.26 Å². The minimum atomic E-state index is 0.611. The molecule has 0 saturated heterocycles. The minimum Gasteiger partial charge on any atom is -0.397 e. The molecule has 0 spiro atoms. The molecule has 96 valence electrons. The maximum atomic E-state index is 8.86. The molecule has 19 heavy (non-hydrogen) atoms. The van der Waals surface area contributed by atoms with Gasteiger partial charge in [-0.15, -0.1) is 0 Å². The number of rotatable bonds is 4. The van der Waals surface area contributed by atoms with Gasteiger partial charge in [0.15, 0.2) is 0 Å². The summed E-state index contributed by atoms with van der Waals surface area (Å²) < 4.78 is 1.08. The average molecular weight is 316 g/mol. The Morgan fingerprint density at radius 1 is 1.16 bits per heavy atom. The molecule has 0 unspecified atom stereocenters. The summed E-state index contributed by atoms with van der Waals surface area (Å²) >= 11 is 3.41. The van der Waals surface area contributed by atoms with Gasteiger partial charge in [0.2, 0.25) is 0 Å². The fraction of sp³-hybridized carbons (Fsp3) is 0.133. The number of nitriles is 1. The van der Waals surface area contributed by atoms with Crippen LogP contribution in [0.2, 0.25) is 0 Å². The first-order chi connectivity index (χ1) is 9.19. The van der Waals surface area contributed by atoms with Gasteiger partial charge in [-0.3, -0.25) is 0 Å². The van der Waals surface area contributed by atoms with Crippen molar-refractivity contribution in [3.63, 3.8) is 0 Å². The predicted molar refractivity (Wildman–Crippen MR) is 81.9 cm³/mol. The summed E-state index contributed by atoms with van der Waals surface area (Å²) in [4.78, 5) is 0. The lowest BCUT2D eigenvalue weighted by atomic mass is 10.1. The molecule has 2 aromatic carbocycles. The summed E-state index contributed by atoms with van der Waals surface area (Å²) in [6.07, 6.45) is 0.906. The second-order valence-electron chi connectivity index (χ2n) is 4.22. The maximum Gasteiger partial charge on any atom is 0.0992 e. The van der Waals surface area contributed by atoms with Crippen LogP contribution in [-0.4, -0.2) is 6.54 Å². The lowest BCUT2D eigenvalue weighted by molar-refractivity contribution is 1.02. The second kappa shape index (κ2) is 6.26. The van der Waals surface area contributed by atoms with Crippen molar-refractivity contribution in [1.29, 1.82) is 5.26 Å². The zero-order valence-corrected chi connectivity index (χ0v) is 11.9. The van der Waals surface area contributed by atoms with Gasteiger partial charge in [0.05, 0.1) is 23.0 Å². The number of nitrogen functional groups attached to an aromatic ring is 1. The molecule has 0 amide bonds. The van der Waals surface area contributed by atoms with Gasteiger partial charge < -0.3 is 11.1 Å². The lowest BCUT2D eigenvalue weighted by Gasteiger charge is -2.09. The van der Waals surface area contributed by atoms with Crippen molar-refractivity contribution in [3.05, 3.63) is 58.1 Å². The van der Waals surface area contributed by atoms with Gasteiger partial charge in [-0.1, -0.05) is 28.1 Å². The Bertz CT molecular complexity index is 600. The number of nitrogens with one attached hydrogen (secondary N) is 1. The summed E-state index contributed by atoms with van der Waals surface area (Å²) in [6.45, 7) is 0.778. The van der Waals surface area contributed by atoms with Crippen LogP contribution in [0.4, 0.5) is 11.4 Å². The Kier molecular flexibility index (Phi) is 4.43. The van der Waals surface area contributed by atoms with E-state index >= 15 is 0 Å². The minimum absolute atomic E-state index is 0.611. The Morgan fingerprint density at radius 3 is 2.58 bits per heavy atom. The van der Waals surface area contributed by atoms with E-state index in [1.165, 1.54) is 5.56 Å². The molecule has 0 bridgehead atoms. The van der Waals surface area contributed by atoms with Gasteiger partial charge in [-0.05, 0) is 42.3 Å². The van der Waals surface area contributed by atoms with Crippen LogP contribution >= 0.6 is 15.9 Å². The molecule has 2 aromatic rings. The van der Waals surface area contributed by atoms with Crippen LogP contribution in [0, 0.1) is 11.3 Å². The van der Waals surface area contributed by atoms with E-state index in [1.54, 1.807) is 18.2 Å². The largest absolute Gasteiger partial charge is 0.397 e. The molecule has 0 aromatic heterocycles. The highest BCUT2D eigenvalue weighted by Gasteiger charge is 2.00. The summed E-state index contributed by atoms with van der Waals surface area (Å²) in [5.74, 6) is 0. The van der Waals surface area contributed by atoms with Gasteiger partial charge in [0.1, 0.15) is 0 Å². The second-order valence-corrected chi connectivity index (χ2v) is 5.13. The van der Waals surface area contributed by atoms with Crippen LogP contribution < -0.4 is 11.1 Å². The third-order valence-corrected chi connectivity index (χ3v) is 3.35. The average Bonchev–Trinajstić information content (AvgIpc) is 2.43. The summed E-state index contributed by atoms with van der Waals surface area (Å²) in [5.41, 5.74) is 9.21. The predicted octanol–water partition coefficient (Wildman–Crippen LogP) is 3.56. The first-order valence-corrected chi connectivity index (χ1v) is 6.76. The molecule has 0 fully saturated rings. The lowest BCUT2D eigenvalue weighted by Crippen LogP contribution is -2.07. The van der Waals surface area contributed by atoms with Crippen LogP contribution in [0.25, 0.3) is 0 Å². The smallest absolute Gasteiger partial charge is 0.0992 e. The number of nitrogens with zero attached hydrogens (tertiary/aromatic N) is 1. The third kappa shape index (κ3) is 3.73. The van der Waals surface area contributed by atoms with Gasteiger partial charge in [-0.25, -0.2) is 0 Å². The van der Waals surface area contributed by atoms with E-state index in [-0.39, 0.29) is 0 Å². The van der Waals surface area contributed by atoms with Crippen molar-refractivity contribution in [3.8, 4) is 6.07 Å². The molecule has 0 atom stereocenters. The van der Waals surface area contributed by atoms with E-state index in [2.05, 4.69) is 39.4 Å². The molecule has 3 N–H and O–H groups in total. The van der Waals surface area contributed by atoms with Gasteiger partial charge in [0.25, 0.3) is 0 Å². The first kappa shape index (κ1) is 13.4. The monoisotopic (exact) mass is 315 g/mol. The number of benzene rings is 2. The summed E-state index contributed by atoms with van der Waals surface area (Å²) in [5, 5.41) is 12.1. The quantitative estimate of drug-likeness (QED) is 0.848. The molecule has 0 aliphatic carbocycles. The topological polar surface area (TPSA) is 61.8 Å². The molecular weight excluding hydrogens is 302 g/mol. The molecule has 4 heteroatoms. The van der Waals surface area contributed by atoms with Crippen molar-refractivity contribution in [2.45, 2.75) is 6.42 Å². The van der Waals surface area contributed by atoms with Crippen LogP contribution in [-0.2, 0) is 6.42 Å². The van der Waals surface area contributed by atoms with Crippen molar-refractivity contribution in [2.75, 3.05) is 17.6 Å². The third-order valence-electron chi connectivity index (χ3n) is 2.82. The maximum absolute atomic E-state index is 8.86.